The number of carbonyl (C=O) groups is 1. The Labute approximate surface area is 143 Å². The van der Waals surface area contributed by atoms with Crippen molar-refractivity contribution in [1.29, 1.82) is 0 Å². The van der Waals surface area contributed by atoms with Crippen LogP contribution < -0.4 is 10.6 Å². The lowest BCUT2D eigenvalue weighted by Gasteiger charge is -2.27. The molecule has 2 unspecified atom stereocenters. The fraction of sp³-hybridized carbons (Fsp3) is 0.611. The zero-order valence-electron chi connectivity index (χ0n) is 14.3. The Bertz CT molecular complexity index is 532. The van der Waals surface area contributed by atoms with E-state index in [-0.39, 0.29) is 17.6 Å². The number of benzene rings is 1. The molecule has 1 aromatic rings. The zero-order chi connectivity index (χ0) is 16.9. The molecule has 1 aliphatic heterocycles. The van der Waals surface area contributed by atoms with Gasteiger partial charge in [-0.3, -0.25) is 0 Å². The molecular weight excluding hydrogens is 308 g/mol. The van der Waals surface area contributed by atoms with Crippen LogP contribution in [0, 0.1) is 5.41 Å². The van der Waals surface area contributed by atoms with Gasteiger partial charge >= 0.3 is 6.03 Å². The number of rotatable bonds is 6. The molecule has 0 aromatic heterocycles. The first-order chi connectivity index (χ1) is 10.9. The van der Waals surface area contributed by atoms with Crippen molar-refractivity contribution in [3.05, 3.63) is 35.4 Å². The third-order valence-electron chi connectivity index (χ3n) is 4.12. The number of amides is 2. The summed E-state index contributed by atoms with van der Waals surface area (Å²) in [4.78, 5) is 12.0. The van der Waals surface area contributed by atoms with E-state index in [9.17, 15) is 9.90 Å². The highest BCUT2D eigenvalue weighted by molar-refractivity contribution is 7.99. The van der Waals surface area contributed by atoms with Gasteiger partial charge in [-0.2, -0.15) is 11.8 Å². The van der Waals surface area contributed by atoms with Gasteiger partial charge in [0, 0.05) is 18.3 Å². The number of hydrogen-bond acceptors (Lipinski definition) is 3. The van der Waals surface area contributed by atoms with Gasteiger partial charge in [-0.05, 0) is 42.1 Å². The van der Waals surface area contributed by atoms with Crippen LogP contribution in [0.3, 0.4) is 0 Å². The van der Waals surface area contributed by atoms with Crippen molar-refractivity contribution in [2.24, 2.45) is 5.41 Å². The van der Waals surface area contributed by atoms with Gasteiger partial charge in [0.2, 0.25) is 0 Å². The van der Waals surface area contributed by atoms with Crippen LogP contribution in [-0.2, 0) is 6.42 Å². The first-order valence-electron chi connectivity index (χ1n) is 8.26. The molecular formula is C18H28N2O2S. The molecule has 1 aromatic carbocycles. The van der Waals surface area contributed by atoms with Crippen LogP contribution in [0.25, 0.3) is 0 Å². The maximum Gasteiger partial charge on any atom is 0.314 e. The Morgan fingerprint density at radius 1 is 1.39 bits per heavy atom. The summed E-state index contributed by atoms with van der Waals surface area (Å²) in [7, 11) is 0. The highest BCUT2D eigenvalue weighted by atomic mass is 32.2. The second-order valence-corrected chi connectivity index (χ2v) is 8.40. The molecule has 1 aliphatic rings. The quantitative estimate of drug-likeness (QED) is 0.748. The Morgan fingerprint density at radius 3 is 2.87 bits per heavy atom. The Balaban J connectivity index is 1.79. The number of urea groups is 1. The summed E-state index contributed by atoms with van der Waals surface area (Å²) >= 11 is 1.90. The largest absolute Gasteiger partial charge is 0.393 e. The van der Waals surface area contributed by atoms with E-state index in [1.807, 2.05) is 25.6 Å². The monoisotopic (exact) mass is 336 g/mol. The lowest BCUT2D eigenvalue weighted by molar-refractivity contribution is 0.129. The van der Waals surface area contributed by atoms with Gasteiger partial charge in [-0.15, -0.1) is 0 Å². The van der Waals surface area contributed by atoms with E-state index < -0.39 is 0 Å². The molecule has 0 fully saturated rings. The van der Waals surface area contributed by atoms with Gasteiger partial charge in [0.25, 0.3) is 0 Å². The van der Waals surface area contributed by atoms with Crippen molar-refractivity contribution in [3.8, 4) is 0 Å². The van der Waals surface area contributed by atoms with Gasteiger partial charge in [0.05, 0.1) is 6.10 Å². The number of hydrogen-bond donors (Lipinski definition) is 3. The van der Waals surface area contributed by atoms with Crippen molar-refractivity contribution in [2.45, 2.75) is 45.0 Å². The Hall–Kier alpha value is -1.20. The lowest BCUT2D eigenvalue weighted by Crippen LogP contribution is -2.42. The Kier molecular flexibility index (Phi) is 6.36. The average Bonchev–Trinajstić information content (AvgIpc) is 2.49. The van der Waals surface area contributed by atoms with Gasteiger partial charge in [-0.1, -0.05) is 38.1 Å². The smallest absolute Gasteiger partial charge is 0.314 e. The number of thioether (sulfide) groups is 1. The van der Waals surface area contributed by atoms with Crippen LogP contribution in [0.15, 0.2) is 24.3 Å². The molecule has 5 heteroatoms. The van der Waals surface area contributed by atoms with Crippen molar-refractivity contribution in [1.82, 2.24) is 10.6 Å². The first-order valence-corrected chi connectivity index (χ1v) is 9.31. The maximum absolute atomic E-state index is 12.0. The topological polar surface area (TPSA) is 61.4 Å². The van der Waals surface area contributed by atoms with E-state index in [1.54, 1.807) is 6.92 Å². The summed E-state index contributed by atoms with van der Waals surface area (Å²) in [6.45, 7) is 7.07. The van der Waals surface area contributed by atoms with Crippen LogP contribution in [0.2, 0.25) is 0 Å². The van der Waals surface area contributed by atoms with Crippen LogP contribution in [0.5, 0.6) is 0 Å². The fourth-order valence-corrected chi connectivity index (χ4v) is 4.32. The number of aliphatic hydroxyl groups excluding tert-OH is 1. The van der Waals surface area contributed by atoms with E-state index in [2.05, 4.69) is 34.9 Å². The number of aliphatic hydroxyl groups is 1. The molecule has 0 saturated heterocycles. The normalized spacial score (nSPS) is 18.9. The molecule has 2 rings (SSSR count). The lowest BCUT2D eigenvalue weighted by atomic mass is 9.87. The zero-order valence-corrected chi connectivity index (χ0v) is 15.1. The van der Waals surface area contributed by atoms with Gasteiger partial charge in [0.15, 0.2) is 0 Å². The average molecular weight is 337 g/mol. The van der Waals surface area contributed by atoms with Crippen molar-refractivity contribution in [2.75, 3.05) is 18.8 Å². The third-order valence-corrected chi connectivity index (χ3v) is 5.38. The van der Waals surface area contributed by atoms with Crippen molar-refractivity contribution >= 4 is 17.8 Å². The molecule has 0 radical (unpaired) electrons. The van der Waals surface area contributed by atoms with Crippen LogP contribution in [0.1, 0.15) is 43.6 Å². The van der Waals surface area contributed by atoms with Crippen LogP contribution >= 0.6 is 11.8 Å². The number of nitrogens with one attached hydrogen (secondary N) is 2. The molecule has 0 aliphatic carbocycles. The standard InChI is InChI=1S/C18H28N2O2S/c1-13(21)10-18(2,3)12-20-17(22)19-11-16-15-7-5-4-6-14(15)8-9-23-16/h4-7,13,16,21H,8-12H2,1-3H3,(H2,19,20,22). The SMILES string of the molecule is CC(O)CC(C)(C)CNC(=O)NCC1SCCc2ccccc21. The second-order valence-electron chi connectivity index (χ2n) is 7.09. The van der Waals surface area contributed by atoms with Gasteiger partial charge in [-0.25, -0.2) is 4.79 Å². The molecule has 2 amide bonds. The number of aryl methyl sites for hydroxylation is 1. The third kappa shape index (κ3) is 5.74. The predicted molar refractivity (Wildman–Crippen MR) is 96.8 cm³/mol. The summed E-state index contributed by atoms with van der Waals surface area (Å²) in [6, 6.07) is 8.36. The summed E-state index contributed by atoms with van der Waals surface area (Å²) in [5.41, 5.74) is 2.63. The van der Waals surface area contributed by atoms with E-state index in [1.165, 1.54) is 11.1 Å². The molecule has 1 heterocycles. The number of carbonyl (C=O) groups excluding carboxylic acids is 1. The van der Waals surface area contributed by atoms with E-state index in [0.29, 0.717) is 24.8 Å². The Morgan fingerprint density at radius 2 is 2.13 bits per heavy atom. The fourth-order valence-electron chi connectivity index (χ4n) is 3.09. The molecule has 0 bridgehead atoms. The highest BCUT2D eigenvalue weighted by Gasteiger charge is 2.23. The molecule has 0 saturated carbocycles. The first kappa shape index (κ1) is 18.1. The summed E-state index contributed by atoms with van der Waals surface area (Å²) < 4.78 is 0. The van der Waals surface area contributed by atoms with Crippen LogP contribution in [-0.4, -0.2) is 36.1 Å². The van der Waals surface area contributed by atoms with E-state index in [0.717, 1.165) is 12.2 Å². The summed E-state index contributed by atoms with van der Waals surface area (Å²) in [5, 5.41) is 15.7. The molecule has 2 atom stereocenters. The molecule has 0 spiro atoms. The number of fused-ring (bicyclic) bond motifs is 1. The minimum absolute atomic E-state index is 0.113. The van der Waals surface area contributed by atoms with Gasteiger partial charge in [0.1, 0.15) is 0 Å². The minimum Gasteiger partial charge on any atom is -0.393 e. The van der Waals surface area contributed by atoms with Crippen molar-refractivity contribution < 1.29 is 9.90 Å². The molecule has 128 valence electrons. The summed E-state index contributed by atoms with van der Waals surface area (Å²) in [5.74, 6) is 1.10. The summed E-state index contributed by atoms with van der Waals surface area (Å²) in [6.07, 6.45) is 1.42. The van der Waals surface area contributed by atoms with Crippen LogP contribution in [0.4, 0.5) is 4.79 Å². The van der Waals surface area contributed by atoms with E-state index >= 15 is 0 Å². The van der Waals surface area contributed by atoms with E-state index in [4.69, 9.17) is 0 Å². The molecule has 3 N–H and O–H groups in total. The second kappa shape index (κ2) is 8.06. The predicted octanol–water partition coefficient (Wildman–Crippen LogP) is 3.11. The minimum atomic E-state index is -0.356. The molecule has 4 nitrogen and oxygen atoms in total. The molecule has 23 heavy (non-hydrogen) atoms. The van der Waals surface area contributed by atoms with Crippen molar-refractivity contribution in [3.63, 3.8) is 0 Å². The van der Waals surface area contributed by atoms with Gasteiger partial charge < -0.3 is 15.7 Å². The highest BCUT2D eigenvalue weighted by Crippen LogP contribution is 2.35. The maximum atomic E-state index is 12.0.